The number of aryl methyl sites for hydroxylation is 1. The number of aromatic nitrogens is 1. The predicted molar refractivity (Wildman–Crippen MR) is 115 cm³/mol. The lowest BCUT2D eigenvalue weighted by atomic mass is 9.71. The molecule has 2 unspecified atom stereocenters. The molecule has 1 aromatic heterocycles. The van der Waals surface area contributed by atoms with E-state index in [1.807, 2.05) is 65.0 Å². The second kappa shape index (κ2) is 6.83. The van der Waals surface area contributed by atoms with Crippen LogP contribution in [0.1, 0.15) is 45.4 Å². The molecule has 2 aromatic rings. The standard InChI is InChI=1S/C22H20N2O3.C2H6/c1-4-22(3)15-9-13-18-17(11(2)12-7-5-6-8-16(12)23-18)24-19(13)20(25)14(15)10-27-21(22)26;1-2/h5-9,19,24H,4,10H2,1-3H3;1-2H3. The van der Waals surface area contributed by atoms with E-state index >= 15 is 0 Å². The summed E-state index contributed by atoms with van der Waals surface area (Å²) >= 11 is 0. The number of ketones is 1. The van der Waals surface area contributed by atoms with Crippen molar-refractivity contribution in [2.24, 2.45) is 5.41 Å². The summed E-state index contributed by atoms with van der Waals surface area (Å²) in [6.45, 7) is 9.91. The average molecular weight is 390 g/mol. The van der Waals surface area contributed by atoms with Crippen molar-refractivity contribution in [1.29, 1.82) is 0 Å². The number of ether oxygens (including phenoxy) is 1. The van der Waals surface area contributed by atoms with E-state index < -0.39 is 11.5 Å². The van der Waals surface area contributed by atoms with Crippen molar-refractivity contribution in [2.45, 2.75) is 47.1 Å². The van der Waals surface area contributed by atoms with Gasteiger partial charge in [0, 0.05) is 16.5 Å². The van der Waals surface area contributed by atoms with E-state index in [1.54, 1.807) is 0 Å². The zero-order valence-electron chi connectivity index (χ0n) is 17.6. The molecule has 3 heterocycles. The van der Waals surface area contributed by atoms with Gasteiger partial charge in [0.25, 0.3) is 0 Å². The Morgan fingerprint density at radius 1 is 1.24 bits per heavy atom. The fourth-order valence-corrected chi connectivity index (χ4v) is 4.41. The number of anilines is 1. The van der Waals surface area contributed by atoms with Crippen molar-refractivity contribution >= 4 is 33.9 Å². The number of esters is 1. The molecule has 150 valence electrons. The molecule has 29 heavy (non-hydrogen) atoms. The molecule has 0 fully saturated rings. The van der Waals surface area contributed by atoms with Gasteiger partial charge in [-0.05, 0) is 43.5 Å². The Morgan fingerprint density at radius 3 is 2.69 bits per heavy atom. The molecule has 0 amide bonds. The Hall–Kier alpha value is -2.95. The number of allylic oxidation sites excluding steroid dienone is 1. The zero-order chi connectivity index (χ0) is 20.9. The third kappa shape index (κ3) is 2.56. The molecule has 5 nitrogen and oxygen atoms in total. The Labute approximate surface area is 170 Å². The summed E-state index contributed by atoms with van der Waals surface area (Å²) in [7, 11) is 0. The smallest absolute Gasteiger partial charge is 0.316 e. The highest BCUT2D eigenvalue weighted by atomic mass is 16.5. The second-order valence-electron chi connectivity index (χ2n) is 7.67. The Morgan fingerprint density at radius 2 is 1.97 bits per heavy atom. The van der Waals surface area contributed by atoms with Gasteiger partial charge in [0.15, 0.2) is 5.78 Å². The number of carbonyl (C=O) groups excluding carboxylic acids is 2. The molecule has 0 saturated carbocycles. The van der Waals surface area contributed by atoms with Gasteiger partial charge in [-0.2, -0.15) is 0 Å². The molecule has 0 radical (unpaired) electrons. The Balaban J connectivity index is 0.000000994. The lowest BCUT2D eigenvalue weighted by Crippen LogP contribution is -2.43. The lowest BCUT2D eigenvalue weighted by Gasteiger charge is -2.36. The van der Waals surface area contributed by atoms with E-state index in [1.165, 1.54) is 0 Å². The maximum absolute atomic E-state index is 13.2. The van der Waals surface area contributed by atoms with Gasteiger partial charge in [0.1, 0.15) is 12.6 Å². The third-order valence-electron chi connectivity index (χ3n) is 6.31. The van der Waals surface area contributed by atoms with E-state index in [0.29, 0.717) is 12.0 Å². The minimum Gasteiger partial charge on any atom is -0.460 e. The fourth-order valence-electron chi connectivity index (χ4n) is 4.41. The molecule has 0 spiro atoms. The van der Waals surface area contributed by atoms with Crippen LogP contribution in [0.25, 0.3) is 16.5 Å². The largest absolute Gasteiger partial charge is 0.460 e. The molecule has 1 aromatic carbocycles. The van der Waals surface area contributed by atoms with E-state index in [2.05, 4.69) is 5.32 Å². The van der Waals surface area contributed by atoms with Crippen LogP contribution in [0, 0.1) is 12.3 Å². The molecule has 5 rings (SSSR count). The van der Waals surface area contributed by atoms with Gasteiger partial charge >= 0.3 is 5.97 Å². The van der Waals surface area contributed by atoms with Crippen molar-refractivity contribution in [2.75, 3.05) is 11.9 Å². The van der Waals surface area contributed by atoms with Crippen LogP contribution >= 0.6 is 0 Å². The monoisotopic (exact) mass is 390 g/mol. The van der Waals surface area contributed by atoms with Crippen LogP contribution in [0.3, 0.4) is 0 Å². The maximum atomic E-state index is 13.2. The maximum Gasteiger partial charge on any atom is 0.316 e. The number of hydrogen-bond donors (Lipinski definition) is 1. The third-order valence-corrected chi connectivity index (χ3v) is 6.31. The molecule has 1 N–H and O–H groups in total. The number of Topliss-reactive ketones (excluding diaryl/α,β-unsaturated/α-hetero) is 1. The van der Waals surface area contributed by atoms with Gasteiger partial charge in [-0.1, -0.05) is 39.0 Å². The number of fused-ring (bicyclic) bond motifs is 4. The molecule has 0 saturated heterocycles. The van der Waals surface area contributed by atoms with Crippen molar-refractivity contribution in [3.05, 3.63) is 52.7 Å². The van der Waals surface area contributed by atoms with Crippen molar-refractivity contribution in [3.63, 3.8) is 0 Å². The number of hydrogen-bond acceptors (Lipinski definition) is 5. The number of para-hydroxylation sites is 1. The summed E-state index contributed by atoms with van der Waals surface area (Å²) < 4.78 is 5.35. The molecule has 2 aliphatic heterocycles. The van der Waals surface area contributed by atoms with Gasteiger partial charge in [0.2, 0.25) is 0 Å². The second-order valence-corrected chi connectivity index (χ2v) is 7.67. The van der Waals surface area contributed by atoms with Crippen LogP contribution < -0.4 is 5.32 Å². The zero-order valence-corrected chi connectivity index (χ0v) is 17.6. The Kier molecular flexibility index (Phi) is 4.56. The molecular weight excluding hydrogens is 364 g/mol. The molecular formula is C24H26N2O3. The van der Waals surface area contributed by atoms with Crippen molar-refractivity contribution < 1.29 is 14.3 Å². The normalized spacial score (nSPS) is 24.6. The van der Waals surface area contributed by atoms with Gasteiger partial charge < -0.3 is 10.1 Å². The summed E-state index contributed by atoms with van der Waals surface area (Å²) in [5.74, 6) is -0.281. The minimum absolute atomic E-state index is 0.0175. The summed E-state index contributed by atoms with van der Waals surface area (Å²) in [5, 5.41) is 4.46. The topological polar surface area (TPSA) is 68.3 Å². The van der Waals surface area contributed by atoms with E-state index in [0.717, 1.165) is 39.0 Å². The van der Waals surface area contributed by atoms with Crippen molar-refractivity contribution in [3.8, 4) is 0 Å². The van der Waals surface area contributed by atoms with Crippen LogP contribution in [0.5, 0.6) is 0 Å². The quantitative estimate of drug-likeness (QED) is 0.721. The van der Waals surface area contributed by atoms with Gasteiger partial charge in [-0.3, -0.25) is 9.59 Å². The number of nitrogens with one attached hydrogen (secondary N) is 1. The van der Waals surface area contributed by atoms with Gasteiger partial charge in [0.05, 0.1) is 22.3 Å². The SMILES string of the molecule is CC.CCC1(C)C(=O)OCC2=C1C=C1c3nc4ccccc4c(C)c3NC1C2=O. The summed E-state index contributed by atoms with van der Waals surface area (Å²) in [6.07, 6.45) is 2.59. The first-order valence-electron chi connectivity index (χ1n) is 10.3. The summed E-state index contributed by atoms with van der Waals surface area (Å²) in [6, 6.07) is 7.53. The summed E-state index contributed by atoms with van der Waals surface area (Å²) in [4.78, 5) is 30.5. The lowest BCUT2D eigenvalue weighted by molar-refractivity contribution is -0.153. The first kappa shape index (κ1) is 19.4. The van der Waals surface area contributed by atoms with Gasteiger partial charge in [-0.25, -0.2) is 4.98 Å². The number of benzene rings is 1. The fraction of sp³-hybridized carbons (Fsp3) is 0.375. The Bertz CT molecular complexity index is 1110. The molecule has 5 heteroatoms. The average Bonchev–Trinajstić information content (AvgIpc) is 3.12. The van der Waals surface area contributed by atoms with Crippen LogP contribution in [-0.2, 0) is 14.3 Å². The molecule has 0 bridgehead atoms. The highest BCUT2D eigenvalue weighted by molar-refractivity contribution is 6.17. The first-order chi connectivity index (χ1) is 14.0. The van der Waals surface area contributed by atoms with Crippen LogP contribution in [-0.4, -0.2) is 29.4 Å². The van der Waals surface area contributed by atoms with Crippen molar-refractivity contribution in [1.82, 2.24) is 4.98 Å². The van der Waals surface area contributed by atoms with E-state index in [-0.39, 0.29) is 18.4 Å². The number of rotatable bonds is 1. The highest BCUT2D eigenvalue weighted by Crippen LogP contribution is 2.48. The number of cyclic esters (lactones) is 1. The van der Waals surface area contributed by atoms with Crippen LogP contribution in [0.15, 0.2) is 41.5 Å². The summed E-state index contributed by atoms with van der Waals surface area (Å²) in [5.41, 5.74) is 5.17. The number of nitrogens with zero attached hydrogens (tertiary/aromatic N) is 1. The first-order valence-corrected chi connectivity index (χ1v) is 10.3. The predicted octanol–water partition coefficient (Wildman–Crippen LogP) is 4.60. The van der Waals surface area contributed by atoms with Crippen LogP contribution in [0.2, 0.25) is 0 Å². The minimum atomic E-state index is -0.796. The highest BCUT2D eigenvalue weighted by Gasteiger charge is 2.48. The van der Waals surface area contributed by atoms with Gasteiger partial charge in [-0.15, -0.1) is 0 Å². The molecule has 2 atom stereocenters. The van der Waals surface area contributed by atoms with E-state index in [4.69, 9.17) is 9.72 Å². The number of carbonyl (C=O) groups is 2. The van der Waals surface area contributed by atoms with Crippen LogP contribution in [0.4, 0.5) is 5.69 Å². The van der Waals surface area contributed by atoms with E-state index in [9.17, 15) is 9.59 Å². The molecule has 1 aliphatic carbocycles. The molecule has 3 aliphatic rings. The number of pyridine rings is 1.